The molecule has 4 nitrogen and oxygen atoms in total. The van der Waals surface area contributed by atoms with E-state index in [9.17, 15) is 19.8 Å². The summed E-state index contributed by atoms with van der Waals surface area (Å²) in [6.45, 7) is 0. The number of aromatic carboxylic acids is 2. The zero-order valence-corrected chi connectivity index (χ0v) is 19.3. The second-order valence-electron chi connectivity index (χ2n) is 9.04. The Hall–Kier alpha value is -4.18. The van der Waals surface area contributed by atoms with Crippen LogP contribution in [0.3, 0.4) is 0 Å². The van der Waals surface area contributed by atoms with Gasteiger partial charge in [-0.05, 0) is 69.8 Å². The van der Waals surface area contributed by atoms with Crippen LogP contribution >= 0.6 is 0 Å². The summed E-state index contributed by atoms with van der Waals surface area (Å²) in [5.41, 5.74) is 6.10. The molecule has 0 amide bonds. The summed E-state index contributed by atoms with van der Waals surface area (Å²) < 4.78 is 0. The SMILES string of the molecule is O=C(O)c1ccccc1-c1cc(C2CCCC2)cc(-c2ccccc2)c1-c1ccccc1C(=O)O. The Labute approximate surface area is 204 Å². The Balaban J connectivity index is 1.92. The predicted molar refractivity (Wildman–Crippen MR) is 138 cm³/mol. The number of carboxylic acid groups (broad SMARTS) is 2. The van der Waals surface area contributed by atoms with Crippen molar-refractivity contribution >= 4 is 11.9 Å². The van der Waals surface area contributed by atoms with Gasteiger partial charge in [0.2, 0.25) is 0 Å². The molecule has 1 aliphatic rings. The number of carboxylic acids is 2. The monoisotopic (exact) mass is 462 g/mol. The lowest BCUT2D eigenvalue weighted by Gasteiger charge is -2.22. The number of hydrogen-bond donors (Lipinski definition) is 2. The van der Waals surface area contributed by atoms with Gasteiger partial charge in [0, 0.05) is 0 Å². The highest BCUT2D eigenvalue weighted by Gasteiger charge is 2.26. The molecule has 0 aromatic heterocycles. The van der Waals surface area contributed by atoms with Crippen LogP contribution in [0.25, 0.3) is 33.4 Å². The lowest BCUT2D eigenvalue weighted by molar-refractivity contribution is 0.0686. The molecule has 0 unspecified atom stereocenters. The van der Waals surface area contributed by atoms with Gasteiger partial charge in [0.1, 0.15) is 0 Å². The van der Waals surface area contributed by atoms with Gasteiger partial charge in [0.25, 0.3) is 0 Å². The van der Waals surface area contributed by atoms with Crippen LogP contribution in [-0.4, -0.2) is 22.2 Å². The Morgan fingerprint density at radius 2 is 1.11 bits per heavy atom. The molecular weight excluding hydrogens is 436 g/mol. The van der Waals surface area contributed by atoms with Crippen molar-refractivity contribution in [1.29, 1.82) is 0 Å². The van der Waals surface area contributed by atoms with E-state index >= 15 is 0 Å². The van der Waals surface area contributed by atoms with Crippen LogP contribution in [0.4, 0.5) is 0 Å². The molecule has 0 atom stereocenters. The molecule has 0 saturated heterocycles. The van der Waals surface area contributed by atoms with Gasteiger partial charge in [-0.15, -0.1) is 0 Å². The topological polar surface area (TPSA) is 74.6 Å². The minimum absolute atomic E-state index is 0.187. The summed E-state index contributed by atoms with van der Waals surface area (Å²) in [6, 6.07) is 28.1. The van der Waals surface area contributed by atoms with Gasteiger partial charge in [-0.3, -0.25) is 0 Å². The van der Waals surface area contributed by atoms with Gasteiger partial charge >= 0.3 is 11.9 Å². The van der Waals surface area contributed by atoms with E-state index in [4.69, 9.17) is 0 Å². The van der Waals surface area contributed by atoms with Crippen LogP contribution in [0.1, 0.15) is 57.9 Å². The lowest BCUT2D eigenvalue weighted by atomic mass is 9.81. The average Bonchev–Trinajstić information content (AvgIpc) is 3.43. The van der Waals surface area contributed by atoms with Crippen molar-refractivity contribution in [2.45, 2.75) is 31.6 Å². The van der Waals surface area contributed by atoms with Crippen LogP contribution in [0, 0.1) is 0 Å². The molecule has 0 radical (unpaired) electrons. The molecular formula is C31H26O4. The van der Waals surface area contributed by atoms with Crippen LogP contribution in [0.5, 0.6) is 0 Å². The number of rotatable bonds is 6. The smallest absolute Gasteiger partial charge is 0.336 e. The quantitative estimate of drug-likeness (QED) is 0.307. The van der Waals surface area contributed by atoms with Gasteiger partial charge in [0.05, 0.1) is 11.1 Å². The van der Waals surface area contributed by atoms with Gasteiger partial charge in [-0.1, -0.05) is 91.7 Å². The first kappa shape index (κ1) is 22.6. The van der Waals surface area contributed by atoms with Gasteiger partial charge < -0.3 is 10.2 Å². The van der Waals surface area contributed by atoms with Crippen molar-refractivity contribution < 1.29 is 19.8 Å². The Morgan fingerprint density at radius 3 is 1.74 bits per heavy atom. The fourth-order valence-electron chi connectivity index (χ4n) is 5.30. The molecule has 35 heavy (non-hydrogen) atoms. The zero-order valence-electron chi connectivity index (χ0n) is 19.3. The van der Waals surface area contributed by atoms with Crippen molar-refractivity contribution in [2.24, 2.45) is 0 Å². The van der Waals surface area contributed by atoms with Crippen molar-refractivity contribution in [3.8, 4) is 33.4 Å². The molecule has 4 aromatic carbocycles. The maximum absolute atomic E-state index is 12.2. The highest BCUT2D eigenvalue weighted by atomic mass is 16.4. The van der Waals surface area contributed by atoms with Gasteiger partial charge in [-0.25, -0.2) is 9.59 Å². The highest BCUT2D eigenvalue weighted by Crippen LogP contribution is 2.46. The van der Waals surface area contributed by atoms with Crippen molar-refractivity contribution in [3.63, 3.8) is 0 Å². The molecule has 1 fully saturated rings. The summed E-state index contributed by atoms with van der Waals surface area (Å²) in [4.78, 5) is 24.5. The third-order valence-corrected chi connectivity index (χ3v) is 6.95. The van der Waals surface area contributed by atoms with Crippen molar-refractivity contribution in [1.82, 2.24) is 0 Å². The number of benzene rings is 4. The number of carbonyl (C=O) groups is 2. The molecule has 4 aromatic rings. The summed E-state index contributed by atoms with van der Waals surface area (Å²) in [5, 5.41) is 20.0. The van der Waals surface area contributed by atoms with Gasteiger partial charge in [-0.2, -0.15) is 0 Å². The van der Waals surface area contributed by atoms with Crippen molar-refractivity contribution in [3.05, 3.63) is 108 Å². The standard InChI is InChI=1S/C31H26O4/c32-30(33)25-16-8-6-14-23(25)28-19-22(20-10-4-5-11-20)18-27(21-12-2-1-3-13-21)29(28)24-15-7-9-17-26(24)31(34)35/h1-3,6-9,12-20H,4-5,10-11H2,(H,32,33)(H,34,35). The molecule has 0 heterocycles. The normalized spacial score (nSPS) is 13.6. The van der Waals surface area contributed by atoms with E-state index in [0.717, 1.165) is 35.1 Å². The maximum atomic E-state index is 12.2. The van der Waals surface area contributed by atoms with E-state index in [1.807, 2.05) is 54.6 Å². The first-order chi connectivity index (χ1) is 17.0. The molecule has 1 saturated carbocycles. The van der Waals surface area contributed by atoms with E-state index in [1.54, 1.807) is 24.3 Å². The molecule has 174 valence electrons. The second-order valence-corrected chi connectivity index (χ2v) is 9.04. The first-order valence-electron chi connectivity index (χ1n) is 11.9. The molecule has 4 heteroatoms. The Bertz CT molecular complexity index is 1400. The van der Waals surface area contributed by atoms with Crippen LogP contribution in [-0.2, 0) is 0 Å². The van der Waals surface area contributed by atoms with Crippen molar-refractivity contribution in [2.75, 3.05) is 0 Å². The van der Waals surface area contributed by atoms with E-state index in [2.05, 4.69) is 12.1 Å². The predicted octanol–water partition coefficient (Wildman–Crippen LogP) is 7.74. The molecule has 0 aliphatic heterocycles. The molecule has 0 spiro atoms. The lowest BCUT2D eigenvalue weighted by Crippen LogP contribution is -2.05. The summed E-state index contributed by atoms with van der Waals surface area (Å²) in [6.07, 6.45) is 4.55. The molecule has 2 N–H and O–H groups in total. The van der Waals surface area contributed by atoms with E-state index in [-0.39, 0.29) is 11.1 Å². The fraction of sp³-hybridized carbons (Fsp3) is 0.161. The average molecular weight is 463 g/mol. The fourth-order valence-corrected chi connectivity index (χ4v) is 5.30. The summed E-state index contributed by atoms with van der Waals surface area (Å²) in [5.74, 6) is -1.63. The minimum Gasteiger partial charge on any atom is -0.478 e. The van der Waals surface area contributed by atoms with E-state index in [1.165, 1.54) is 18.4 Å². The zero-order chi connectivity index (χ0) is 24.4. The third-order valence-electron chi connectivity index (χ3n) is 6.95. The van der Waals surface area contributed by atoms with Gasteiger partial charge in [0.15, 0.2) is 0 Å². The largest absolute Gasteiger partial charge is 0.478 e. The van der Waals surface area contributed by atoms with Crippen LogP contribution in [0.15, 0.2) is 91.0 Å². The van der Waals surface area contributed by atoms with E-state index < -0.39 is 11.9 Å². The third kappa shape index (κ3) is 4.35. The Kier molecular flexibility index (Phi) is 6.19. The van der Waals surface area contributed by atoms with Crippen LogP contribution in [0.2, 0.25) is 0 Å². The Morgan fingerprint density at radius 1 is 0.600 bits per heavy atom. The highest BCUT2D eigenvalue weighted by molar-refractivity contribution is 6.06. The first-order valence-corrected chi connectivity index (χ1v) is 11.9. The molecule has 5 rings (SSSR count). The maximum Gasteiger partial charge on any atom is 0.336 e. The summed E-state index contributed by atoms with van der Waals surface area (Å²) >= 11 is 0. The summed E-state index contributed by atoms with van der Waals surface area (Å²) in [7, 11) is 0. The van der Waals surface area contributed by atoms with Crippen LogP contribution < -0.4 is 0 Å². The second kappa shape index (κ2) is 9.59. The molecule has 1 aliphatic carbocycles. The number of hydrogen-bond acceptors (Lipinski definition) is 2. The minimum atomic E-state index is -1.02. The van der Waals surface area contributed by atoms with E-state index in [0.29, 0.717) is 17.0 Å². The molecule has 0 bridgehead atoms.